The van der Waals surface area contributed by atoms with Crippen LogP contribution in [-0.4, -0.2) is 9.31 Å². The fraction of sp³-hybridized carbons (Fsp3) is 0.333. The summed E-state index contributed by atoms with van der Waals surface area (Å²) in [6, 6.07) is 3.74. The zero-order valence-electron chi connectivity index (χ0n) is 7.04. The Balaban J connectivity index is 3.17. The third kappa shape index (κ3) is 2.02. The average molecular weight is 200 g/mol. The molecule has 3 heteroatoms. The van der Waals surface area contributed by atoms with E-state index in [1.54, 1.807) is 6.20 Å². The van der Waals surface area contributed by atoms with Crippen LogP contribution in [0.25, 0.3) is 0 Å². The van der Waals surface area contributed by atoms with Crippen molar-refractivity contribution in [3.05, 3.63) is 29.6 Å². The number of nitrogens with zero attached hydrogens (tertiary/aromatic N) is 1. The summed E-state index contributed by atoms with van der Waals surface area (Å²) in [7, 11) is 0. The van der Waals surface area contributed by atoms with Crippen molar-refractivity contribution in [1.29, 1.82) is 0 Å². The molecule has 0 saturated heterocycles. The van der Waals surface area contributed by atoms with E-state index in [1.165, 1.54) is 0 Å². The third-order valence-corrected chi connectivity index (χ3v) is 2.02. The number of pyridine rings is 1. The highest BCUT2D eigenvalue weighted by molar-refractivity contribution is 7.83. The van der Waals surface area contributed by atoms with Gasteiger partial charge in [0.1, 0.15) is 4.32 Å². The van der Waals surface area contributed by atoms with E-state index in [9.17, 15) is 0 Å². The van der Waals surface area contributed by atoms with Gasteiger partial charge in [0.05, 0.1) is 5.69 Å². The zero-order chi connectivity index (χ0) is 9.14. The molecule has 0 N–H and O–H groups in total. The predicted molar refractivity (Wildman–Crippen MR) is 55.9 cm³/mol. The van der Waals surface area contributed by atoms with E-state index in [1.807, 2.05) is 12.1 Å². The molecule has 1 heterocycles. The lowest BCUT2D eigenvalue weighted by Gasteiger charge is -2.08. The minimum absolute atomic E-state index is 0.359. The van der Waals surface area contributed by atoms with Gasteiger partial charge in [-0.1, -0.05) is 37.7 Å². The molecule has 0 atom stereocenters. The largest absolute Gasteiger partial charge is 0.260 e. The van der Waals surface area contributed by atoms with Gasteiger partial charge in [0.15, 0.2) is 0 Å². The predicted octanol–water partition coefficient (Wildman–Crippen LogP) is 3.12. The van der Waals surface area contributed by atoms with Gasteiger partial charge in [-0.2, -0.15) is 0 Å². The number of thiocarbonyl (C=S) groups is 1. The van der Waals surface area contributed by atoms with Crippen molar-refractivity contribution in [2.45, 2.75) is 19.8 Å². The highest BCUT2D eigenvalue weighted by Crippen LogP contribution is 2.18. The first kappa shape index (κ1) is 9.62. The van der Waals surface area contributed by atoms with Gasteiger partial charge in [-0.15, -0.1) is 0 Å². The molecule has 0 aliphatic heterocycles. The minimum atomic E-state index is 0.359. The molecule has 0 amide bonds. The van der Waals surface area contributed by atoms with Crippen molar-refractivity contribution in [3.63, 3.8) is 0 Å². The van der Waals surface area contributed by atoms with E-state index in [-0.39, 0.29) is 0 Å². The lowest BCUT2D eigenvalue weighted by molar-refractivity contribution is 0.821. The van der Waals surface area contributed by atoms with Crippen LogP contribution in [0.5, 0.6) is 0 Å². The maximum absolute atomic E-state index is 5.74. The molecule has 0 unspecified atom stereocenters. The number of rotatable bonds is 2. The Bertz CT molecular complexity index is 296. The molecular formula is C9H10ClNS. The second kappa shape index (κ2) is 3.97. The summed E-state index contributed by atoms with van der Waals surface area (Å²) in [6.45, 7) is 4.14. The van der Waals surface area contributed by atoms with Gasteiger partial charge >= 0.3 is 0 Å². The van der Waals surface area contributed by atoms with Gasteiger partial charge in [0.2, 0.25) is 0 Å². The quantitative estimate of drug-likeness (QED) is 0.536. The molecule has 12 heavy (non-hydrogen) atoms. The van der Waals surface area contributed by atoms with E-state index in [2.05, 4.69) is 18.8 Å². The second-order valence-corrected chi connectivity index (χ2v) is 3.87. The van der Waals surface area contributed by atoms with Crippen molar-refractivity contribution in [2.24, 2.45) is 0 Å². The molecule has 0 aliphatic carbocycles. The number of aromatic nitrogens is 1. The Kier molecular flexibility index (Phi) is 3.18. The standard InChI is InChI=1S/C9H10ClNS/c1-6(2)8-7(9(10)12)4-3-5-11-8/h3-6H,1-2H3. The van der Waals surface area contributed by atoms with Crippen molar-refractivity contribution < 1.29 is 0 Å². The summed E-state index contributed by atoms with van der Waals surface area (Å²) in [6.07, 6.45) is 1.76. The topological polar surface area (TPSA) is 12.9 Å². The van der Waals surface area contributed by atoms with Gasteiger partial charge in [-0.05, 0) is 18.1 Å². The molecule has 1 aromatic rings. The average Bonchev–Trinajstić information content (AvgIpc) is 2.04. The summed E-state index contributed by atoms with van der Waals surface area (Å²) in [4.78, 5) is 4.23. The second-order valence-electron chi connectivity index (χ2n) is 2.86. The molecule has 1 nitrogen and oxygen atoms in total. The van der Waals surface area contributed by atoms with Crippen LogP contribution in [0.4, 0.5) is 0 Å². The van der Waals surface area contributed by atoms with Gasteiger partial charge < -0.3 is 0 Å². The van der Waals surface area contributed by atoms with Crippen LogP contribution >= 0.6 is 23.8 Å². The lowest BCUT2D eigenvalue weighted by Crippen LogP contribution is -2.01. The first-order chi connectivity index (χ1) is 5.63. The van der Waals surface area contributed by atoms with Crippen molar-refractivity contribution in [2.75, 3.05) is 0 Å². The zero-order valence-corrected chi connectivity index (χ0v) is 8.62. The minimum Gasteiger partial charge on any atom is -0.260 e. The molecule has 0 radical (unpaired) electrons. The van der Waals surface area contributed by atoms with E-state index in [0.717, 1.165) is 11.3 Å². The monoisotopic (exact) mass is 199 g/mol. The highest BCUT2D eigenvalue weighted by atomic mass is 35.5. The van der Waals surface area contributed by atoms with Crippen LogP contribution in [0, 0.1) is 0 Å². The normalized spacial score (nSPS) is 10.3. The molecule has 64 valence electrons. The number of hydrogen-bond acceptors (Lipinski definition) is 2. The third-order valence-electron chi connectivity index (χ3n) is 1.60. The maximum atomic E-state index is 5.74. The fourth-order valence-corrected chi connectivity index (χ4v) is 1.38. The van der Waals surface area contributed by atoms with Crippen LogP contribution in [-0.2, 0) is 0 Å². The van der Waals surface area contributed by atoms with Gasteiger partial charge in [-0.25, -0.2) is 0 Å². The molecule has 1 aromatic heterocycles. The first-order valence-corrected chi connectivity index (χ1v) is 4.56. The van der Waals surface area contributed by atoms with Crippen molar-refractivity contribution >= 4 is 28.1 Å². The van der Waals surface area contributed by atoms with Crippen LogP contribution in [0.15, 0.2) is 18.3 Å². The molecule has 1 rings (SSSR count). The van der Waals surface area contributed by atoms with Gasteiger partial charge in [-0.3, -0.25) is 4.98 Å². The molecule has 0 bridgehead atoms. The number of hydrogen-bond donors (Lipinski definition) is 0. The summed E-state index contributed by atoms with van der Waals surface area (Å²) < 4.78 is 0.395. The molecule has 0 fully saturated rings. The van der Waals surface area contributed by atoms with E-state index in [4.69, 9.17) is 23.8 Å². The molecular weight excluding hydrogens is 190 g/mol. The smallest absolute Gasteiger partial charge is 0.113 e. The van der Waals surface area contributed by atoms with Crippen molar-refractivity contribution in [3.8, 4) is 0 Å². The van der Waals surface area contributed by atoms with Crippen LogP contribution in [0.1, 0.15) is 31.0 Å². The van der Waals surface area contributed by atoms with Gasteiger partial charge in [0.25, 0.3) is 0 Å². The summed E-state index contributed by atoms with van der Waals surface area (Å²) >= 11 is 10.6. The van der Waals surface area contributed by atoms with E-state index < -0.39 is 0 Å². The molecule has 0 aliphatic rings. The van der Waals surface area contributed by atoms with Crippen LogP contribution < -0.4 is 0 Å². The Morgan fingerprint density at radius 1 is 1.58 bits per heavy atom. The van der Waals surface area contributed by atoms with Crippen LogP contribution in [0.2, 0.25) is 0 Å². The summed E-state index contributed by atoms with van der Waals surface area (Å²) in [5, 5.41) is 0. The number of halogens is 1. The Morgan fingerprint density at radius 2 is 2.25 bits per heavy atom. The molecule has 0 spiro atoms. The van der Waals surface area contributed by atoms with E-state index in [0.29, 0.717) is 10.2 Å². The SMILES string of the molecule is CC(C)c1ncccc1C(=S)Cl. The summed E-state index contributed by atoms with van der Waals surface area (Å²) in [5.74, 6) is 0.359. The molecule has 0 saturated carbocycles. The first-order valence-electron chi connectivity index (χ1n) is 3.77. The Labute approximate surface area is 82.8 Å². The molecule has 0 aromatic carbocycles. The van der Waals surface area contributed by atoms with Gasteiger partial charge in [0, 0.05) is 11.8 Å². The van der Waals surface area contributed by atoms with Crippen LogP contribution in [0.3, 0.4) is 0 Å². The van der Waals surface area contributed by atoms with Crippen molar-refractivity contribution in [1.82, 2.24) is 4.98 Å². The van der Waals surface area contributed by atoms with E-state index >= 15 is 0 Å². The summed E-state index contributed by atoms with van der Waals surface area (Å²) in [5.41, 5.74) is 1.85. The Morgan fingerprint density at radius 3 is 2.67 bits per heavy atom. The fourth-order valence-electron chi connectivity index (χ4n) is 1.04. The lowest BCUT2D eigenvalue weighted by atomic mass is 10.1. The maximum Gasteiger partial charge on any atom is 0.113 e. The Hall–Kier alpha value is -0.470. The highest BCUT2D eigenvalue weighted by Gasteiger charge is 2.09.